The van der Waals surface area contributed by atoms with Crippen LogP contribution in [0.5, 0.6) is 0 Å². The van der Waals surface area contributed by atoms with Gasteiger partial charge in [-0.05, 0) is 5.56 Å². The van der Waals surface area contributed by atoms with Crippen molar-refractivity contribution in [3.8, 4) is 0 Å². The molecule has 3 aliphatic rings. The summed E-state index contributed by atoms with van der Waals surface area (Å²) in [5.74, 6) is 0. The summed E-state index contributed by atoms with van der Waals surface area (Å²) in [4.78, 5) is 5.08. The topological polar surface area (TPSA) is 6.48 Å². The highest BCUT2D eigenvalue weighted by Gasteiger charge is 2.21. The van der Waals surface area contributed by atoms with Gasteiger partial charge >= 0.3 is 0 Å². The molecule has 2 nitrogen and oxygen atoms in total. The van der Waals surface area contributed by atoms with E-state index in [-0.39, 0.29) is 0 Å². The van der Waals surface area contributed by atoms with E-state index in [2.05, 4.69) is 16.4 Å². The van der Waals surface area contributed by atoms with E-state index >= 15 is 0 Å². The van der Waals surface area contributed by atoms with Gasteiger partial charge in [0.1, 0.15) is 0 Å². The summed E-state index contributed by atoms with van der Waals surface area (Å²) < 4.78 is 0. The second kappa shape index (κ2) is 5.83. The number of nitrogens with zero attached hydrogens (tertiary/aromatic N) is 2. The molecule has 4 rings (SSSR count). The third-order valence-corrected chi connectivity index (χ3v) is 3.23. The lowest BCUT2D eigenvalue weighted by Crippen LogP contribution is -2.55. The minimum Gasteiger partial charge on any atom is -0.300 e. The Morgan fingerprint density at radius 1 is 0.812 bits per heavy atom. The van der Waals surface area contributed by atoms with Crippen LogP contribution in [0.2, 0.25) is 0 Å². The summed E-state index contributed by atoms with van der Waals surface area (Å²) in [6.07, 6.45) is 1.83. The maximum absolute atomic E-state index is 3.63. The second-order valence-electron chi connectivity index (χ2n) is 4.30. The number of rotatable bonds is 1. The van der Waals surface area contributed by atoms with Crippen molar-refractivity contribution in [3.05, 3.63) is 42.5 Å². The van der Waals surface area contributed by atoms with Crippen LogP contribution >= 0.6 is 0 Å². The van der Waals surface area contributed by atoms with Crippen LogP contribution in [0.4, 0.5) is 0 Å². The molecule has 2 heteroatoms. The zero-order valence-corrected chi connectivity index (χ0v) is 9.81. The van der Waals surface area contributed by atoms with Crippen molar-refractivity contribution in [3.63, 3.8) is 0 Å². The molecule has 0 unspecified atom stereocenters. The molecule has 0 aromatic heterocycles. The third-order valence-electron chi connectivity index (χ3n) is 3.23. The van der Waals surface area contributed by atoms with Gasteiger partial charge in [0.25, 0.3) is 0 Å². The summed E-state index contributed by atoms with van der Waals surface area (Å²) in [6, 6.07) is 10.0. The van der Waals surface area contributed by atoms with Crippen LogP contribution < -0.4 is 0 Å². The van der Waals surface area contributed by atoms with Crippen LogP contribution in [0.1, 0.15) is 5.56 Å². The van der Waals surface area contributed by atoms with Gasteiger partial charge in [-0.1, -0.05) is 43.0 Å². The zero-order valence-electron chi connectivity index (χ0n) is 9.81. The van der Waals surface area contributed by atoms with Crippen LogP contribution in [0.3, 0.4) is 0 Å². The summed E-state index contributed by atoms with van der Waals surface area (Å²) in [5, 5.41) is 0. The minimum absolute atomic E-state index is 1.17. The summed E-state index contributed by atoms with van der Waals surface area (Å²) >= 11 is 0. The Morgan fingerprint density at radius 2 is 1.25 bits per heavy atom. The van der Waals surface area contributed by atoms with Gasteiger partial charge < -0.3 is 0 Å². The predicted molar refractivity (Wildman–Crippen MR) is 69.4 cm³/mol. The van der Waals surface area contributed by atoms with Crippen molar-refractivity contribution in [2.45, 2.75) is 0 Å². The maximum atomic E-state index is 3.63. The Balaban J connectivity index is 0.000000120. The first-order chi connectivity index (χ1) is 7.88. The van der Waals surface area contributed by atoms with Crippen LogP contribution in [-0.2, 0) is 0 Å². The van der Waals surface area contributed by atoms with Crippen LogP contribution in [0.15, 0.2) is 36.9 Å². The monoisotopic (exact) mass is 216 g/mol. The quantitative estimate of drug-likeness (QED) is 0.708. The Morgan fingerprint density at radius 3 is 1.50 bits per heavy atom. The Bertz CT molecular complexity index is 290. The molecule has 3 aliphatic heterocycles. The molecule has 1 aromatic carbocycles. The van der Waals surface area contributed by atoms with Gasteiger partial charge in [0.15, 0.2) is 0 Å². The van der Waals surface area contributed by atoms with E-state index in [9.17, 15) is 0 Å². The van der Waals surface area contributed by atoms with Gasteiger partial charge in [0.2, 0.25) is 0 Å². The van der Waals surface area contributed by atoms with E-state index in [1.165, 1.54) is 44.8 Å². The Kier molecular flexibility index (Phi) is 4.14. The second-order valence-corrected chi connectivity index (χ2v) is 4.30. The fourth-order valence-corrected chi connectivity index (χ4v) is 2.11. The first kappa shape index (κ1) is 11.4. The third kappa shape index (κ3) is 3.19. The number of benzene rings is 1. The summed E-state index contributed by atoms with van der Waals surface area (Å²) in [5.41, 5.74) is 1.17. The molecule has 3 fully saturated rings. The van der Waals surface area contributed by atoms with Crippen LogP contribution in [0, 0.1) is 0 Å². The zero-order chi connectivity index (χ0) is 11.2. The molecule has 1 aromatic rings. The highest BCUT2D eigenvalue weighted by atomic mass is 15.3. The molecule has 0 saturated carbocycles. The first-order valence-electron chi connectivity index (χ1n) is 6.00. The standard InChI is InChI=1S/C8H8.C6H12N2/c1-2-8-6-4-3-5-7-8;1-2-8-5-3-7(1)4-6-8/h2-7H,1H2;1-6H2. The smallest absolute Gasteiger partial charge is 0.0110 e. The summed E-state index contributed by atoms with van der Waals surface area (Å²) in [6.45, 7) is 11.5. The van der Waals surface area contributed by atoms with Crippen molar-refractivity contribution < 1.29 is 0 Å². The molecule has 0 N–H and O–H groups in total. The van der Waals surface area contributed by atoms with E-state index in [1.54, 1.807) is 0 Å². The largest absolute Gasteiger partial charge is 0.300 e. The molecule has 16 heavy (non-hydrogen) atoms. The van der Waals surface area contributed by atoms with Gasteiger partial charge in [-0.3, -0.25) is 9.80 Å². The van der Waals surface area contributed by atoms with E-state index in [4.69, 9.17) is 0 Å². The van der Waals surface area contributed by atoms with Gasteiger partial charge in [0.05, 0.1) is 0 Å². The molecular formula is C14H20N2. The lowest BCUT2D eigenvalue weighted by molar-refractivity contribution is 0.0647. The highest BCUT2D eigenvalue weighted by molar-refractivity contribution is 5.45. The van der Waals surface area contributed by atoms with Gasteiger partial charge in [-0.2, -0.15) is 0 Å². The lowest BCUT2D eigenvalue weighted by Gasteiger charge is -2.41. The number of fused-ring (bicyclic) bond motifs is 3. The molecule has 3 saturated heterocycles. The highest BCUT2D eigenvalue weighted by Crippen LogP contribution is 2.06. The minimum atomic E-state index is 1.17. The summed E-state index contributed by atoms with van der Waals surface area (Å²) in [7, 11) is 0. The molecule has 0 radical (unpaired) electrons. The van der Waals surface area contributed by atoms with Crippen LogP contribution in [0.25, 0.3) is 6.08 Å². The van der Waals surface area contributed by atoms with E-state index in [0.717, 1.165) is 0 Å². The normalized spacial score (nSPS) is 26.8. The van der Waals surface area contributed by atoms with Crippen molar-refractivity contribution in [1.29, 1.82) is 0 Å². The van der Waals surface area contributed by atoms with Crippen molar-refractivity contribution in [2.75, 3.05) is 39.3 Å². The van der Waals surface area contributed by atoms with E-state index in [0.29, 0.717) is 0 Å². The van der Waals surface area contributed by atoms with Gasteiger partial charge in [-0.25, -0.2) is 0 Å². The molecule has 0 aliphatic carbocycles. The first-order valence-corrected chi connectivity index (χ1v) is 6.00. The van der Waals surface area contributed by atoms with Gasteiger partial charge in [0, 0.05) is 39.3 Å². The average Bonchev–Trinajstić information content (AvgIpc) is 2.43. The SMILES string of the molecule is C1CN2CCN1CC2.C=Cc1ccccc1. The number of hydrogen-bond acceptors (Lipinski definition) is 2. The lowest BCUT2D eigenvalue weighted by atomic mass is 10.2. The molecule has 3 heterocycles. The van der Waals surface area contributed by atoms with Crippen molar-refractivity contribution in [1.82, 2.24) is 9.80 Å². The maximum Gasteiger partial charge on any atom is 0.0110 e. The molecule has 2 bridgehead atoms. The van der Waals surface area contributed by atoms with Crippen LogP contribution in [-0.4, -0.2) is 49.1 Å². The van der Waals surface area contributed by atoms with Crippen molar-refractivity contribution in [2.24, 2.45) is 0 Å². The molecule has 0 spiro atoms. The molecule has 0 amide bonds. The fourth-order valence-electron chi connectivity index (χ4n) is 2.11. The van der Waals surface area contributed by atoms with Crippen molar-refractivity contribution >= 4 is 6.08 Å². The Hall–Kier alpha value is -1.12. The molecular weight excluding hydrogens is 196 g/mol. The van der Waals surface area contributed by atoms with Gasteiger partial charge in [-0.15, -0.1) is 0 Å². The molecule has 0 atom stereocenters. The Labute approximate surface area is 98.2 Å². The van der Waals surface area contributed by atoms with E-state index in [1.807, 2.05) is 36.4 Å². The number of piperazine rings is 3. The van der Waals surface area contributed by atoms with E-state index < -0.39 is 0 Å². The molecule has 86 valence electrons. The fraction of sp³-hybridized carbons (Fsp3) is 0.429. The average molecular weight is 216 g/mol. The number of hydrogen-bond donors (Lipinski definition) is 0. The predicted octanol–water partition coefficient (Wildman–Crippen LogP) is 1.95.